The largest absolute Gasteiger partial charge is 0.376 e. The maximum Gasteiger partial charge on any atom is 0.169 e. The third kappa shape index (κ3) is 2.39. The first-order chi connectivity index (χ1) is 5.20. The molecule has 0 spiro atoms. The van der Waals surface area contributed by atoms with Gasteiger partial charge in [0.25, 0.3) is 0 Å². The van der Waals surface area contributed by atoms with Gasteiger partial charge in [-0.05, 0) is 34.2 Å². The lowest BCUT2D eigenvalue weighted by atomic mass is 10.5. The summed E-state index contributed by atoms with van der Waals surface area (Å²) in [6, 6.07) is 1.74. The Bertz CT molecular complexity index is 277. The molecule has 0 bridgehead atoms. The summed E-state index contributed by atoms with van der Waals surface area (Å²) in [4.78, 5) is 0. The molecule has 0 aliphatic carbocycles. The van der Waals surface area contributed by atoms with Gasteiger partial charge in [-0.25, -0.2) is 0 Å². The van der Waals surface area contributed by atoms with Crippen LogP contribution in [0.1, 0.15) is 0 Å². The zero-order chi connectivity index (χ0) is 8.27. The van der Waals surface area contributed by atoms with Gasteiger partial charge in [-0.3, -0.25) is 0 Å². The van der Waals surface area contributed by atoms with Gasteiger partial charge >= 0.3 is 0 Å². The van der Waals surface area contributed by atoms with Gasteiger partial charge in [-0.15, -0.1) is 5.10 Å². The Balaban J connectivity index is 2.86. The maximum absolute atomic E-state index is 5.23. The van der Waals surface area contributed by atoms with Crippen molar-refractivity contribution in [1.82, 2.24) is 10.2 Å². The van der Waals surface area contributed by atoms with Crippen molar-refractivity contribution in [2.24, 2.45) is 5.73 Å². The Labute approximate surface area is 77.3 Å². The predicted octanol–water partition coefficient (Wildman–Crippen LogP) is 0.895. The summed E-state index contributed by atoms with van der Waals surface area (Å²) < 4.78 is 0.778. The zero-order valence-electron chi connectivity index (χ0n) is 5.41. The maximum atomic E-state index is 5.23. The fraction of sp³-hybridized carbons (Fsp3) is 0. The van der Waals surface area contributed by atoms with E-state index in [4.69, 9.17) is 5.73 Å². The number of nitrogens with two attached hydrogens (primary N) is 1. The zero-order valence-corrected chi connectivity index (χ0v) is 7.82. The molecule has 0 radical (unpaired) electrons. The molecule has 3 N–H and O–H groups in total. The topological polar surface area (TPSA) is 63.8 Å². The number of nitrogens with zero attached hydrogens (tertiary/aromatic N) is 2. The highest BCUT2D eigenvalue weighted by Gasteiger charge is 1.99. The number of anilines is 1. The van der Waals surface area contributed by atoms with Gasteiger partial charge in [-0.2, -0.15) is 5.10 Å². The lowest BCUT2D eigenvalue weighted by Gasteiger charge is -2.01. The van der Waals surface area contributed by atoms with Crippen LogP contribution in [0.2, 0.25) is 0 Å². The van der Waals surface area contributed by atoms with Crippen molar-refractivity contribution in [2.45, 2.75) is 0 Å². The fourth-order valence-corrected chi connectivity index (χ4v) is 0.911. The minimum Gasteiger partial charge on any atom is -0.376 e. The van der Waals surface area contributed by atoms with E-state index in [-0.39, 0.29) is 5.11 Å². The van der Waals surface area contributed by atoms with Crippen LogP contribution in [0.4, 0.5) is 5.82 Å². The minimum atomic E-state index is 0.172. The molecule has 6 heteroatoms. The van der Waals surface area contributed by atoms with Gasteiger partial charge in [0.15, 0.2) is 10.9 Å². The molecule has 58 valence electrons. The molecule has 1 heterocycles. The number of halogens is 1. The second-order valence-corrected chi connectivity index (χ2v) is 3.01. The second kappa shape index (κ2) is 3.59. The van der Waals surface area contributed by atoms with Gasteiger partial charge in [-0.1, -0.05) is 0 Å². The molecule has 0 aromatic carbocycles. The fourth-order valence-electron chi connectivity index (χ4n) is 0.518. The Morgan fingerprint density at radius 2 is 2.45 bits per heavy atom. The second-order valence-electron chi connectivity index (χ2n) is 1.72. The van der Waals surface area contributed by atoms with Crippen LogP contribution in [-0.4, -0.2) is 15.3 Å². The predicted molar refractivity (Wildman–Crippen MR) is 50.1 cm³/mol. The van der Waals surface area contributed by atoms with Gasteiger partial charge in [0.1, 0.15) is 0 Å². The van der Waals surface area contributed by atoms with Gasteiger partial charge in [0.2, 0.25) is 0 Å². The molecule has 4 nitrogen and oxygen atoms in total. The van der Waals surface area contributed by atoms with E-state index >= 15 is 0 Å². The van der Waals surface area contributed by atoms with E-state index in [0.29, 0.717) is 5.82 Å². The van der Waals surface area contributed by atoms with E-state index in [9.17, 15) is 0 Å². The lowest BCUT2D eigenvalue weighted by Crippen LogP contribution is -2.20. The quantitative estimate of drug-likeness (QED) is 0.705. The first-order valence-corrected chi connectivity index (χ1v) is 3.94. The van der Waals surface area contributed by atoms with Crippen LogP contribution in [0.25, 0.3) is 0 Å². The van der Waals surface area contributed by atoms with Crippen molar-refractivity contribution in [2.75, 3.05) is 5.32 Å². The number of hydrogen-bond acceptors (Lipinski definition) is 3. The summed E-state index contributed by atoms with van der Waals surface area (Å²) in [5.74, 6) is 0.528. The monoisotopic (exact) mass is 232 g/mol. The van der Waals surface area contributed by atoms with Crippen molar-refractivity contribution < 1.29 is 0 Å². The third-order valence-electron chi connectivity index (χ3n) is 0.913. The molecular formula is C5H5BrN4S. The summed E-state index contributed by atoms with van der Waals surface area (Å²) in [5.41, 5.74) is 5.23. The average molecular weight is 233 g/mol. The number of nitrogens with one attached hydrogen (secondary N) is 1. The lowest BCUT2D eigenvalue weighted by molar-refractivity contribution is 1.03. The molecule has 0 aliphatic rings. The number of rotatable bonds is 1. The molecule has 1 rings (SSSR count). The van der Waals surface area contributed by atoms with Crippen LogP contribution in [-0.2, 0) is 0 Å². The van der Waals surface area contributed by atoms with Crippen LogP contribution in [0.5, 0.6) is 0 Å². The van der Waals surface area contributed by atoms with Gasteiger partial charge in [0, 0.05) is 0 Å². The molecule has 0 atom stereocenters. The van der Waals surface area contributed by atoms with Crippen LogP contribution in [0.15, 0.2) is 16.7 Å². The van der Waals surface area contributed by atoms with E-state index in [0.717, 1.165) is 4.47 Å². The van der Waals surface area contributed by atoms with Crippen molar-refractivity contribution >= 4 is 39.1 Å². The highest BCUT2D eigenvalue weighted by molar-refractivity contribution is 9.10. The number of thiocarbonyl (C=S) groups is 1. The molecule has 1 aromatic rings. The highest BCUT2D eigenvalue weighted by Crippen LogP contribution is 2.16. The summed E-state index contributed by atoms with van der Waals surface area (Å²) in [7, 11) is 0. The van der Waals surface area contributed by atoms with Crippen LogP contribution in [0, 0.1) is 0 Å². The van der Waals surface area contributed by atoms with E-state index in [2.05, 4.69) is 43.7 Å². The molecular weight excluding hydrogens is 228 g/mol. The highest BCUT2D eigenvalue weighted by atomic mass is 79.9. The van der Waals surface area contributed by atoms with Crippen molar-refractivity contribution in [3.63, 3.8) is 0 Å². The number of aromatic nitrogens is 2. The van der Waals surface area contributed by atoms with Gasteiger partial charge < -0.3 is 11.1 Å². The summed E-state index contributed by atoms with van der Waals surface area (Å²) in [6.45, 7) is 0. The molecule has 0 saturated carbocycles. The Kier molecular flexibility index (Phi) is 2.72. The molecule has 0 aliphatic heterocycles. The van der Waals surface area contributed by atoms with Crippen molar-refractivity contribution in [3.8, 4) is 0 Å². The molecule has 0 amide bonds. The molecule has 0 fully saturated rings. The molecule has 0 saturated heterocycles. The van der Waals surface area contributed by atoms with E-state index in [1.54, 1.807) is 12.3 Å². The summed E-state index contributed by atoms with van der Waals surface area (Å²) in [6.07, 6.45) is 1.56. The van der Waals surface area contributed by atoms with E-state index in [1.165, 1.54) is 0 Å². The Morgan fingerprint density at radius 3 is 3.00 bits per heavy atom. The smallest absolute Gasteiger partial charge is 0.169 e. The third-order valence-corrected chi connectivity index (χ3v) is 1.66. The van der Waals surface area contributed by atoms with Crippen LogP contribution < -0.4 is 11.1 Å². The minimum absolute atomic E-state index is 0.172. The molecule has 0 unspecified atom stereocenters. The normalized spacial score (nSPS) is 9.18. The first-order valence-electron chi connectivity index (χ1n) is 2.74. The van der Waals surface area contributed by atoms with Crippen molar-refractivity contribution in [3.05, 3.63) is 16.7 Å². The Hall–Kier alpha value is -0.750. The average Bonchev–Trinajstić information content (AvgIpc) is 1.93. The Morgan fingerprint density at radius 1 is 1.73 bits per heavy atom. The SMILES string of the molecule is NC(=S)Nc1nnccc1Br. The molecule has 11 heavy (non-hydrogen) atoms. The van der Waals surface area contributed by atoms with E-state index in [1.807, 2.05) is 0 Å². The standard InChI is InChI=1S/C5H5BrN4S/c6-3-1-2-8-10-4(3)9-5(7)11/h1-2H,(H3,7,9,10,11). The first kappa shape index (κ1) is 8.35. The van der Waals surface area contributed by atoms with Gasteiger partial charge in [0.05, 0.1) is 10.7 Å². The van der Waals surface area contributed by atoms with Crippen LogP contribution >= 0.6 is 28.1 Å². The number of hydrogen-bond donors (Lipinski definition) is 2. The summed E-state index contributed by atoms with van der Waals surface area (Å²) in [5, 5.41) is 10.2. The summed E-state index contributed by atoms with van der Waals surface area (Å²) >= 11 is 7.86. The van der Waals surface area contributed by atoms with Crippen LogP contribution in [0.3, 0.4) is 0 Å². The van der Waals surface area contributed by atoms with Crippen molar-refractivity contribution in [1.29, 1.82) is 0 Å². The van der Waals surface area contributed by atoms with E-state index < -0.39 is 0 Å². The molecule has 1 aromatic heterocycles.